The minimum atomic E-state index is -0.280. The maximum absolute atomic E-state index is 12.6. The molecule has 4 rings (SSSR count). The van der Waals surface area contributed by atoms with Crippen molar-refractivity contribution in [1.82, 2.24) is 14.5 Å². The summed E-state index contributed by atoms with van der Waals surface area (Å²) < 4.78 is 1.92. The number of thiazole rings is 1. The number of aryl methyl sites for hydroxylation is 1. The lowest BCUT2D eigenvalue weighted by molar-refractivity contribution is 0.0999. The first-order chi connectivity index (χ1) is 11.7. The number of hydrogen-bond acceptors (Lipinski definition) is 3. The molecule has 0 aliphatic rings. The molecule has 4 aromatic rings. The summed E-state index contributed by atoms with van der Waals surface area (Å²) in [4.78, 5) is 24.8. The number of amides is 1. The highest BCUT2D eigenvalue weighted by Gasteiger charge is 2.12. The fourth-order valence-electron chi connectivity index (χ4n) is 2.61. The van der Waals surface area contributed by atoms with Crippen LogP contribution in [0.2, 0.25) is 0 Å². The Kier molecular flexibility index (Phi) is 3.59. The van der Waals surface area contributed by atoms with Crippen LogP contribution in [0.5, 0.6) is 0 Å². The zero-order valence-electron chi connectivity index (χ0n) is 12.9. The van der Waals surface area contributed by atoms with Crippen molar-refractivity contribution >= 4 is 28.3 Å². The van der Waals surface area contributed by atoms with Gasteiger partial charge in [0, 0.05) is 35.0 Å². The molecule has 0 radical (unpaired) electrons. The fraction of sp³-hybridized carbons (Fsp3) is 0.0556. The highest BCUT2D eigenvalue weighted by Crippen LogP contribution is 2.16. The summed E-state index contributed by atoms with van der Waals surface area (Å²) in [5.74, 6) is -0.280. The summed E-state index contributed by atoms with van der Waals surface area (Å²) in [6, 6.07) is 11.8. The Labute approximate surface area is 142 Å². The van der Waals surface area contributed by atoms with Crippen LogP contribution >= 0.6 is 11.3 Å². The molecule has 1 N–H and O–H groups in total. The van der Waals surface area contributed by atoms with Crippen LogP contribution in [-0.2, 0) is 0 Å². The topological polar surface area (TPSA) is 63.0 Å². The van der Waals surface area contributed by atoms with Crippen molar-refractivity contribution in [3.63, 3.8) is 0 Å². The van der Waals surface area contributed by atoms with Gasteiger partial charge in [0.05, 0.1) is 5.56 Å². The van der Waals surface area contributed by atoms with Crippen LogP contribution in [0.15, 0.2) is 65.4 Å². The lowest BCUT2D eigenvalue weighted by atomic mass is 10.2. The molecule has 1 aromatic carbocycles. The second-order valence-corrected chi connectivity index (χ2v) is 6.29. The van der Waals surface area contributed by atoms with Gasteiger partial charge in [0.15, 0.2) is 4.80 Å². The van der Waals surface area contributed by atoms with Crippen molar-refractivity contribution in [2.24, 2.45) is 4.99 Å². The van der Waals surface area contributed by atoms with Gasteiger partial charge in [0.1, 0.15) is 5.65 Å². The fourth-order valence-corrected chi connectivity index (χ4v) is 3.33. The van der Waals surface area contributed by atoms with E-state index in [9.17, 15) is 4.79 Å². The van der Waals surface area contributed by atoms with Gasteiger partial charge in [-0.2, -0.15) is 4.99 Å². The molecule has 6 heteroatoms. The predicted octanol–water partition coefficient (Wildman–Crippen LogP) is 3.46. The molecule has 0 spiro atoms. The summed E-state index contributed by atoms with van der Waals surface area (Å²) in [6.07, 6.45) is 5.27. The molecule has 1 amide bonds. The van der Waals surface area contributed by atoms with E-state index in [4.69, 9.17) is 0 Å². The number of nitrogens with one attached hydrogen (secondary N) is 1. The van der Waals surface area contributed by atoms with Gasteiger partial charge in [0.25, 0.3) is 5.91 Å². The largest absolute Gasteiger partial charge is 0.345 e. The van der Waals surface area contributed by atoms with Crippen molar-refractivity contribution in [2.45, 2.75) is 6.92 Å². The first-order valence-electron chi connectivity index (χ1n) is 7.47. The highest BCUT2D eigenvalue weighted by molar-refractivity contribution is 7.07. The Hall–Kier alpha value is -2.99. The van der Waals surface area contributed by atoms with Crippen LogP contribution in [-0.4, -0.2) is 20.4 Å². The van der Waals surface area contributed by atoms with Gasteiger partial charge >= 0.3 is 0 Å². The molecule has 118 valence electrons. The van der Waals surface area contributed by atoms with E-state index >= 15 is 0 Å². The molecule has 0 aliphatic carbocycles. The minimum Gasteiger partial charge on any atom is -0.345 e. The molecule has 0 saturated carbocycles. The lowest BCUT2D eigenvalue weighted by Crippen LogP contribution is -2.14. The number of benzene rings is 1. The third kappa shape index (κ3) is 2.57. The number of rotatable bonds is 2. The third-order valence-corrected chi connectivity index (χ3v) is 4.50. The van der Waals surface area contributed by atoms with Gasteiger partial charge in [-0.05, 0) is 36.8 Å². The smallest absolute Gasteiger partial charge is 0.281 e. The molecular weight excluding hydrogens is 320 g/mol. The van der Waals surface area contributed by atoms with Crippen LogP contribution in [0.4, 0.5) is 0 Å². The Bertz CT molecular complexity index is 1100. The summed E-state index contributed by atoms with van der Waals surface area (Å²) in [5.41, 5.74) is 3.37. The average molecular weight is 334 g/mol. The van der Waals surface area contributed by atoms with Crippen molar-refractivity contribution < 1.29 is 4.79 Å². The van der Waals surface area contributed by atoms with Crippen LogP contribution in [0, 0.1) is 6.92 Å². The van der Waals surface area contributed by atoms with Crippen LogP contribution in [0.1, 0.15) is 15.9 Å². The van der Waals surface area contributed by atoms with Gasteiger partial charge in [-0.1, -0.05) is 12.1 Å². The number of hydrogen-bond donors (Lipinski definition) is 1. The van der Waals surface area contributed by atoms with E-state index in [2.05, 4.69) is 21.0 Å². The third-order valence-electron chi connectivity index (χ3n) is 3.75. The van der Waals surface area contributed by atoms with E-state index in [-0.39, 0.29) is 5.91 Å². The second-order valence-electron chi connectivity index (χ2n) is 5.41. The van der Waals surface area contributed by atoms with Gasteiger partial charge in [0.2, 0.25) is 0 Å². The van der Waals surface area contributed by atoms with E-state index in [0.29, 0.717) is 16.0 Å². The van der Waals surface area contributed by atoms with Gasteiger partial charge in [-0.3, -0.25) is 9.36 Å². The Morgan fingerprint density at radius 3 is 3.08 bits per heavy atom. The summed E-state index contributed by atoms with van der Waals surface area (Å²) in [6.45, 7) is 2.04. The summed E-state index contributed by atoms with van der Waals surface area (Å²) >= 11 is 1.43. The average Bonchev–Trinajstić information content (AvgIpc) is 3.21. The molecule has 24 heavy (non-hydrogen) atoms. The Balaban J connectivity index is 1.80. The first-order valence-corrected chi connectivity index (χ1v) is 8.35. The first kappa shape index (κ1) is 14.6. The molecule has 0 saturated heterocycles. The van der Waals surface area contributed by atoms with E-state index in [1.807, 2.05) is 53.4 Å². The monoisotopic (exact) mass is 334 g/mol. The molecule has 0 atom stereocenters. The van der Waals surface area contributed by atoms with Crippen molar-refractivity contribution in [3.8, 4) is 5.69 Å². The maximum atomic E-state index is 12.6. The normalized spacial score (nSPS) is 12.0. The summed E-state index contributed by atoms with van der Waals surface area (Å²) in [5, 5.41) is 2.70. The zero-order valence-corrected chi connectivity index (χ0v) is 13.7. The van der Waals surface area contributed by atoms with Crippen molar-refractivity contribution in [2.75, 3.05) is 0 Å². The SMILES string of the molecule is Cc1cccc(-n2ccs/c2=N\C(=O)c2c[nH]c3ncccc23)c1. The number of aromatic nitrogens is 3. The molecule has 0 aliphatic heterocycles. The Morgan fingerprint density at radius 2 is 2.21 bits per heavy atom. The Morgan fingerprint density at radius 1 is 1.29 bits per heavy atom. The summed E-state index contributed by atoms with van der Waals surface area (Å²) in [7, 11) is 0. The number of fused-ring (bicyclic) bond motifs is 1. The minimum absolute atomic E-state index is 0.280. The van der Waals surface area contributed by atoms with Gasteiger partial charge in [-0.15, -0.1) is 11.3 Å². The standard InChI is InChI=1S/C18H14N4OS/c1-12-4-2-5-13(10-12)22-8-9-24-18(22)21-17(23)15-11-20-16-14(15)6-3-7-19-16/h2-11H,1H3,(H,19,20)/b21-18-. The van der Waals surface area contributed by atoms with Crippen molar-refractivity contribution in [1.29, 1.82) is 0 Å². The van der Waals surface area contributed by atoms with Gasteiger partial charge in [-0.25, -0.2) is 4.98 Å². The maximum Gasteiger partial charge on any atom is 0.281 e. The van der Waals surface area contributed by atoms with Crippen molar-refractivity contribution in [3.05, 3.63) is 76.3 Å². The number of nitrogens with zero attached hydrogens (tertiary/aromatic N) is 3. The van der Waals surface area contributed by atoms with E-state index in [0.717, 1.165) is 16.6 Å². The van der Waals surface area contributed by atoms with E-state index in [1.54, 1.807) is 12.4 Å². The number of pyridine rings is 1. The number of carbonyl (C=O) groups is 1. The molecule has 0 bridgehead atoms. The van der Waals surface area contributed by atoms with E-state index < -0.39 is 0 Å². The number of aromatic amines is 1. The van der Waals surface area contributed by atoms with E-state index in [1.165, 1.54) is 11.3 Å². The number of H-pyrrole nitrogens is 1. The highest BCUT2D eigenvalue weighted by atomic mass is 32.1. The molecule has 3 aromatic heterocycles. The lowest BCUT2D eigenvalue weighted by Gasteiger charge is -2.03. The second kappa shape index (κ2) is 5.90. The van der Waals surface area contributed by atoms with Gasteiger partial charge < -0.3 is 4.98 Å². The predicted molar refractivity (Wildman–Crippen MR) is 94.4 cm³/mol. The van der Waals surface area contributed by atoms with Crippen LogP contribution in [0.3, 0.4) is 0 Å². The molecule has 0 fully saturated rings. The number of carbonyl (C=O) groups excluding carboxylic acids is 1. The van der Waals surface area contributed by atoms with Crippen LogP contribution < -0.4 is 4.80 Å². The molecule has 3 heterocycles. The van der Waals surface area contributed by atoms with Crippen LogP contribution in [0.25, 0.3) is 16.7 Å². The molecule has 0 unspecified atom stereocenters. The molecule has 5 nitrogen and oxygen atoms in total. The zero-order chi connectivity index (χ0) is 16.5. The molecular formula is C18H14N4OS. The quantitative estimate of drug-likeness (QED) is 0.610.